The number of nitrogens with one attached hydrogen (secondary N) is 1. The van der Waals surface area contributed by atoms with Crippen LogP contribution in [0.4, 0.5) is 18.9 Å². The van der Waals surface area contributed by atoms with Crippen LogP contribution in [0, 0.1) is 0 Å². The van der Waals surface area contributed by atoms with E-state index in [1.54, 1.807) is 0 Å². The third kappa shape index (κ3) is 4.50. The Morgan fingerprint density at radius 3 is 2.67 bits per heavy atom. The van der Waals surface area contributed by atoms with Gasteiger partial charge in [0.05, 0.1) is 0 Å². The van der Waals surface area contributed by atoms with Crippen LogP contribution in [0.5, 0.6) is 5.75 Å². The fourth-order valence-electron chi connectivity index (χ4n) is 1.21. The molecule has 0 aliphatic rings. The molecule has 0 fully saturated rings. The number of aliphatic carboxylic acids is 1. The molecule has 0 aromatic heterocycles. The number of carboxylic acids is 1. The summed E-state index contributed by atoms with van der Waals surface area (Å²) in [6, 6.07) is 3.79. The molecule has 0 heterocycles. The highest BCUT2D eigenvalue weighted by molar-refractivity contribution is 5.77. The average molecular weight is 264 g/mol. The molecule has 0 saturated carbocycles. The van der Waals surface area contributed by atoms with Crippen molar-refractivity contribution in [2.24, 2.45) is 5.73 Å². The van der Waals surface area contributed by atoms with Crippen molar-refractivity contribution in [1.82, 2.24) is 0 Å². The molecule has 100 valence electrons. The van der Waals surface area contributed by atoms with Gasteiger partial charge in [-0.25, -0.2) is 4.79 Å². The van der Waals surface area contributed by atoms with Gasteiger partial charge in [0, 0.05) is 18.3 Å². The SMILES string of the molecule is NCC(Nc1cccc(OC(F)(F)F)c1)C(=O)O. The van der Waals surface area contributed by atoms with Crippen molar-refractivity contribution in [3.8, 4) is 5.75 Å². The van der Waals surface area contributed by atoms with Gasteiger partial charge in [0.15, 0.2) is 0 Å². The molecule has 4 N–H and O–H groups in total. The van der Waals surface area contributed by atoms with Gasteiger partial charge in [-0.3, -0.25) is 0 Å². The predicted octanol–water partition coefficient (Wildman–Crippen LogP) is 1.41. The van der Waals surface area contributed by atoms with Crippen LogP contribution < -0.4 is 15.8 Å². The lowest BCUT2D eigenvalue weighted by Crippen LogP contribution is -2.36. The highest BCUT2D eigenvalue weighted by Gasteiger charge is 2.31. The van der Waals surface area contributed by atoms with Gasteiger partial charge in [0.1, 0.15) is 11.8 Å². The molecule has 0 spiro atoms. The minimum Gasteiger partial charge on any atom is -0.480 e. The second-order valence-corrected chi connectivity index (χ2v) is 3.35. The van der Waals surface area contributed by atoms with E-state index in [-0.39, 0.29) is 12.2 Å². The van der Waals surface area contributed by atoms with E-state index in [1.165, 1.54) is 12.1 Å². The Kier molecular flexibility index (Phi) is 4.38. The predicted molar refractivity (Wildman–Crippen MR) is 57.2 cm³/mol. The lowest BCUT2D eigenvalue weighted by molar-refractivity contribution is -0.274. The molecule has 8 heteroatoms. The van der Waals surface area contributed by atoms with E-state index in [0.717, 1.165) is 12.1 Å². The molecule has 1 aromatic carbocycles. The highest BCUT2D eigenvalue weighted by Crippen LogP contribution is 2.25. The van der Waals surface area contributed by atoms with Gasteiger partial charge < -0.3 is 20.9 Å². The number of carbonyl (C=O) groups is 1. The fraction of sp³-hybridized carbons (Fsp3) is 0.300. The zero-order chi connectivity index (χ0) is 13.8. The van der Waals surface area contributed by atoms with Crippen LogP contribution in [0.25, 0.3) is 0 Å². The number of carboxylic acid groups (broad SMARTS) is 1. The number of alkyl halides is 3. The van der Waals surface area contributed by atoms with Crippen molar-refractivity contribution < 1.29 is 27.8 Å². The summed E-state index contributed by atoms with van der Waals surface area (Å²) in [4.78, 5) is 10.7. The zero-order valence-corrected chi connectivity index (χ0v) is 9.07. The molecule has 0 radical (unpaired) electrons. The van der Waals surface area contributed by atoms with Gasteiger partial charge in [0.25, 0.3) is 0 Å². The van der Waals surface area contributed by atoms with Crippen LogP contribution in [0.3, 0.4) is 0 Å². The minimum atomic E-state index is -4.79. The quantitative estimate of drug-likeness (QED) is 0.748. The third-order valence-electron chi connectivity index (χ3n) is 1.94. The Balaban J connectivity index is 2.79. The topological polar surface area (TPSA) is 84.6 Å². The van der Waals surface area contributed by atoms with Crippen molar-refractivity contribution >= 4 is 11.7 Å². The summed E-state index contributed by atoms with van der Waals surface area (Å²) in [7, 11) is 0. The smallest absolute Gasteiger partial charge is 0.480 e. The largest absolute Gasteiger partial charge is 0.573 e. The minimum absolute atomic E-state index is 0.176. The Bertz CT molecular complexity index is 423. The van der Waals surface area contributed by atoms with Crippen molar-refractivity contribution in [3.05, 3.63) is 24.3 Å². The van der Waals surface area contributed by atoms with Crippen LogP contribution in [0.2, 0.25) is 0 Å². The van der Waals surface area contributed by atoms with Crippen molar-refractivity contribution in [3.63, 3.8) is 0 Å². The molecule has 1 aromatic rings. The second-order valence-electron chi connectivity index (χ2n) is 3.35. The van der Waals surface area contributed by atoms with E-state index in [0.29, 0.717) is 0 Å². The third-order valence-corrected chi connectivity index (χ3v) is 1.94. The normalized spacial score (nSPS) is 12.9. The van der Waals surface area contributed by atoms with E-state index in [9.17, 15) is 18.0 Å². The van der Waals surface area contributed by atoms with E-state index in [4.69, 9.17) is 10.8 Å². The first kappa shape index (κ1) is 14.1. The number of anilines is 1. The fourth-order valence-corrected chi connectivity index (χ4v) is 1.21. The van der Waals surface area contributed by atoms with Gasteiger partial charge in [-0.05, 0) is 12.1 Å². The average Bonchev–Trinajstić information content (AvgIpc) is 2.23. The van der Waals surface area contributed by atoms with Gasteiger partial charge in [-0.2, -0.15) is 0 Å². The van der Waals surface area contributed by atoms with Crippen LogP contribution in [-0.2, 0) is 4.79 Å². The standard InChI is InChI=1S/C10H11F3N2O3/c11-10(12,13)18-7-3-1-2-6(4-7)15-8(5-14)9(16)17/h1-4,8,15H,5,14H2,(H,16,17). The molecule has 1 unspecified atom stereocenters. The summed E-state index contributed by atoms with van der Waals surface area (Å²) in [5.74, 6) is -1.63. The molecular weight excluding hydrogens is 253 g/mol. The Morgan fingerprint density at radius 2 is 2.17 bits per heavy atom. The van der Waals surface area contributed by atoms with E-state index in [1.807, 2.05) is 0 Å². The summed E-state index contributed by atoms with van der Waals surface area (Å²) >= 11 is 0. The molecule has 0 aliphatic heterocycles. The lowest BCUT2D eigenvalue weighted by atomic mass is 10.2. The molecule has 18 heavy (non-hydrogen) atoms. The first-order chi connectivity index (χ1) is 8.31. The maximum Gasteiger partial charge on any atom is 0.573 e. The lowest BCUT2D eigenvalue weighted by Gasteiger charge is -2.15. The van der Waals surface area contributed by atoms with Gasteiger partial charge in [0.2, 0.25) is 0 Å². The number of rotatable bonds is 5. The van der Waals surface area contributed by atoms with Crippen LogP contribution >= 0.6 is 0 Å². The molecular formula is C10H11F3N2O3. The molecule has 0 saturated heterocycles. The Labute approximate surface area is 100 Å². The highest BCUT2D eigenvalue weighted by atomic mass is 19.4. The molecule has 5 nitrogen and oxygen atoms in total. The number of hydrogen-bond acceptors (Lipinski definition) is 4. The molecule has 1 rings (SSSR count). The first-order valence-corrected chi connectivity index (χ1v) is 4.87. The van der Waals surface area contributed by atoms with Gasteiger partial charge in [-0.15, -0.1) is 13.2 Å². The number of hydrogen-bond donors (Lipinski definition) is 3. The van der Waals surface area contributed by atoms with Gasteiger partial charge in [-0.1, -0.05) is 6.07 Å². The van der Waals surface area contributed by atoms with Crippen molar-refractivity contribution in [1.29, 1.82) is 0 Å². The number of ether oxygens (including phenoxy) is 1. The Hall–Kier alpha value is -1.96. The van der Waals surface area contributed by atoms with Crippen molar-refractivity contribution in [2.45, 2.75) is 12.4 Å². The number of benzene rings is 1. The summed E-state index contributed by atoms with van der Waals surface area (Å²) < 4.78 is 39.6. The summed E-state index contributed by atoms with van der Waals surface area (Å²) in [5, 5.41) is 11.2. The maximum absolute atomic E-state index is 12.0. The van der Waals surface area contributed by atoms with E-state index in [2.05, 4.69) is 10.1 Å². The summed E-state index contributed by atoms with van der Waals surface area (Å²) in [6.45, 7) is -0.195. The van der Waals surface area contributed by atoms with Gasteiger partial charge >= 0.3 is 12.3 Å². The monoisotopic (exact) mass is 264 g/mol. The molecule has 0 amide bonds. The number of halogens is 3. The van der Waals surface area contributed by atoms with Crippen LogP contribution in [-0.4, -0.2) is 30.0 Å². The van der Waals surface area contributed by atoms with E-state index < -0.39 is 24.1 Å². The first-order valence-electron chi connectivity index (χ1n) is 4.87. The van der Waals surface area contributed by atoms with Crippen LogP contribution in [0.1, 0.15) is 0 Å². The second kappa shape index (κ2) is 5.58. The summed E-state index contributed by atoms with van der Waals surface area (Å²) in [5.41, 5.74) is 5.38. The van der Waals surface area contributed by atoms with Crippen molar-refractivity contribution in [2.75, 3.05) is 11.9 Å². The number of nitrogens with two attached hydrogens (primary N) is 1. The molecule has 0 aliphatic carbocycles. The zero-order valence-electron chi connectivity index (χ0n) is 9.07. The summed E-state index contributed by atoms with van der Waals surface area (Å²) in [6.07, 6.45) is -4.79. The van der Waals surface area contributed by atoms with Crippen LogP contribution in [0.15, 0.2) is 24.3 Å². The van der Waals surface area contributed by atoms with E-state index >= 15 is 0 Å². The molecule has 0 bridgehead atoms. The molecule has 1 atom stereocenters. The Morgan fingerprint density at radius 1 is 1.50 bits per heavy atom. The maximum atomic E-state index is 12.0.